The molecule has 0 saturated carbocycles. The molecule has 2 atom stereocenters. The number of rotatable bonds is 3. The fourth-order valence-corrected chi connectivity index (χ4v) is 3.06. The third kappa shape index (κ3) is 4.13. The van der Waals surface area contributed by atoms with E-state index in [2.05, 4.69) is 13.8 Å². The van der Waals surface area contributed by atoms with Crippen LogP contribution in [-0.4, -0.2) is 36.5 Å². The number of hydrogen-bond donors (Lipinski definition) is 1. The first-order chi connectivity index (χ1) is 10.4. The first-order valence-corrected chi connectivity index (χ1v) is 7.74. The van der Waals surface area contributed by atoms with Crippen molar-refractivity contribution in [1.29, 1.82) is 0 Å². The summed E-state index contributed by atoms with van der Waals surface area (Å²) in [5.41, 5.74) is 6.19. The lowest BCUT2D eigenvalue weighted by Crippen LogP contribution is -2.44. The van der Waals surface area contributed by atoms with Gasteiger partial charge in [-0.1, -0.05) is 25.4 Å². The van der Waals surface area contributed by atoms with Gasteiger partial charge in [-0.3, -0.25) is 4.79 Å². The molecule has 1 heterocycles. The molecule has 1 aromatic carbocycles. The van der Waals surface area contributed by atoms with E-state index in [-0.39, 0.29) is 23.8 Å². The number of carbonyl (C=O) groups excluding carboxylic acids is 2. The minimum absolute atomic E-state index is 0.167. The number of piperidine rings is 1. The molecule has 0 bridgehead atoms. The highest BCUT2D eigenvalue weighted by Gasteiger charge is 2.26. The third-order valence-corrected chi connectivity index (χ3v) is 4.02. The zero-order valence-electron chi connectivity index (χ0n) is 12.8. The second-order valence-corrected chi connectivity index (χ2v) is 6.49. The van der Waals surface area contributed by atoms with E-state index in [0.29, 0.717) is 29.9 Å². The summed E-state index contributed by atoms with van der Waals surface area (Å²) < 4.78 is 5.08. The summed E-state index contributed by atoms with van der Waals surface area (Å²) >= 11 is 5.79. The van der Waals surface area contributed by atoms with Gasteiger partial charge in [-0.15, -0.1) is 0 Å². The molecule has 5 nitrogen and oxygen atoms in total. The van der Waals surface area contributed by atoms with Crippen LogP contribution in [0.25, 0.3) is 0 Å². The summed E-state index contributed by atoms with van der Waals surface area (Å²) in [7, 11) is 0. The Morgan fingerprint density at radius 1 is 1.32 bits per heavy atom. The van der Waals surface area contributed by atoms with E-state index in [0.717, 1.165) is 6.42 Å². The van der Waals surface area contributed by atoms with Crippen LogP contribution in [0.5, 0.6) is 0 Å². The van der Waals surface area contributed by atoms with Crippen molar-refractivity contribution in [3.63, 3.8) is 0 Å². The maximum atomic E-state index is 12.2. The van der Waals surface area contributed by atoms with Crippen LogP contribution in [0.2, 0.25) is 5.02 Å². The van der Waals surface area contributed by atoms with Gasteiger partial charge in [0.05, 0.1) is 5.56 Å². The van der Waals surface area contributed by atoms with Gasteiger partial charge in [-0.2, -0.15) is 0 Å². The third-order valence-electron chi connectivity index (χ3n) is 3.78. The first-order valence-electron chi connectivity index (χ1n) is 7.36. The van der Waals surface area contributed by atoms with E-state index in [1.54, 1.807) is 11.0 Å². The highest BCUT2D eigenvalue weighted by molar-refractivity contribution is 6.31. The lowest BCUT2D eigenvalue weighted by atomic mass is 9.92. The number of nitrogen functional groups attached to an aromatic ring is 1. The Morgan fingerprint density at radius 3 is 2.55 bits per heavy atom. The van der Waals surface area contributed by atoms with Crippen molar-refractivity contribution in [3.05, 3.63) is 28.8 Å². The maximum absolute atomic E-state index is 12.2. The van der Waals surface area contributed by atoms with Gasteiger partial charge >= 0.3 is 5.97 Å². The predicted molar refractivity (Wildman–Crippen MR) is 85.7 cm³/mol. The Kier molecular flexibility index (Phi) is 5.29. The number of carbonyl (C=O) groups is 2. The maximum Gasteiger partial charge on any atom is 0.340 e. The van der Waals surface area contributed by atoms with Crippen molar-refractivity contribution in [1.82, 2.24) is 4.90 Å². The number of halogens is 1. The molecule has 0 unspecified atom stereocenters. The standard InChI is InChI=1S/C16H21ClN2O3/c1-10-5-11(2)8-19(7-10)15(20)9-22-16(21)13-4-3-12(17)6-14(13)18/h3-4,6,10-11H,5,7-9,18H2,1-2H3/t10-,11+. The van der Waals surface area contributed by atoms with Crippen LogP contribution in [0.4, 0.5) is 5.69 Å². The number of likely N-dealkylation sites (tertiary alicyclic amines) is 1. The van der Waals surface area contributed by atoms with Crippen LogP contribution in [0, 0.1) is 11.8 Å². The number of ether oxygens (including phenoxy) is 1. The van der Waals surface area contributed by atoms with Crippen molar-refractivity contribution >= 4 is 29.2 Å². The van der Waals surface area contributed by atoms with Gasteiger partial charge in [0.25, 0.3) is 5.91 Å². The normalized spacial score (nSPS) is 21.5. The zero-order valence-corrected chi connectivity index (χ0v) is 13.6. The largest absolute Gasteiger partial charge is 0.452 e. The number of esters is 1. The predicted octanol–water partition coefficient (Wildman–Crippen LogP) is 2.58. The Hall–Kier alpha value is -1.75. The van der Waals surface area contributed by atoms with Crippen molar-refractivity contribution < 1.29 is 14.3 Å². The molecule has 0 spiro atoms. The molecule has 2 rings (SSSR count). The summed E-state index contributed by atoms with van der Waals surface area (Å²) in [6, 6.07) is 4.54. The van der Waals surface area contributed by atoms with Crippen LogP contribution in [0.15, 0.2) is 18.2 Å². The van der Waals surface area contributed by atoms with Gasteiger partial charge in [0.2, 0.25) is 0 Å². The number of nitrogens with two attached hydrogens (primary N) is 1. The number of hydrogen-bond acceptors (Lipinski definition) is 4. The fraction of sp³-hybridized carbons (Fsp3) is 0.500. The Morgan fingerprint density at radius 2 is 1.95 bits per heavy atom. The molecule has 1 fully saturated rings. The molecule has 0 aromatic heterocycles. The molecule has 120 valence electrons. The molecule has 1 amide bonds. The number of benzene rings is 1. The summed E-state index contributed by atoms with van der Waals surface area (Å²) in [6.07, 6.45) is 1.12. The van der Waals surface area contributed by atoms with Crippen molar-refractivity contribution in [2.24, 2.45) is 11.8 Å². The average molecular weight is 325 g/mol. The van der Waals surface area contributed by atoms with Gasteiger partial charge < -0.3 is 15.4 Å². The quantitative estimate of drug-likeness (QED) is 0.685. The fourth-order valence-electron chi connectivity index (χ4n) is 2.88. The zero-order chi connectivity index (χ0) is 16.3. The Bertz CT molecular complexity index is 567. The van der Waals surface area contributed by atoms with Gasteiger partial charge in [-0.05, 0) is 36.5 Å². The molecular formula is C16H21ClN2O3. The first kappa shape index (κ1) is 16.6. The SMILES string of the molecule is C[C@@H]1C[C@H](C)CN(C(=O)COC(=O)c2ccc(Cl)cc2N)C1. The molecule has 1 saturated heterocycles. The molecule has 1 aliphatic rings. The van der Waals surface area contributed by atoms with E-state index in [1.165, 1.54) is 12.1 Å². The highest BCUT2D eigenvalue weighted by atomic mass is 35.5. The summed E-state index contributed by atoms with van der Waals surface area (Å²) in [6.45, 7) is 5.40. The average Bonchev–Trinajstić information content (AvgIpc) is 2.43. The Balaban J connectivity index is 1.91. The van der Waals surface area contributed by atoms with Crippen molar-refractivity contribution in [2.75, 3.05) is 25.4 Å². The van der Waals surface area contributed by atoms with Gasteiger partial charge in [-0.25, -0.2) is 4.79 Å². The monoisotopic (exact) mass is 324 g/mol. The second kappa shape index (κ2) is 7.01. The summed E-state index contributed by atoms with van der Waals surface area (Å²) in [4.78, 5) is 25.9. The lowest BCUT2D eigenvalue weighted by molar-refractivity contribution is -0.137. The smallest absolute Gasteiger partial charge is 0.340 e. The topological polar surface area (TPSA) is 72.6 Å². The van der Waals surface area contributed by atoms with Crippen LogP contribution in [0.3, 0.4) is 0 Å². The minimum atomic E-state index is -0.611. The van der Waals surface area contributed by atoms with Crippen LogP contribution >= 0.6 is 11.6 Å². The highest BCUT2D eigenvalue weighted by Crippen LogP contribution is 2.21. The van der Waals surface area contributed by atoms with E-state index in [4.69, 9.17) is 22.1 Å². The second-order valence-electron chi connectivity index (χ2n) is 6.05. The van der Waals surface area contributed by atoms with E-state index in [9.17, 15) is 9.59 Å². The van der Waals surface area contributed by atoms with Crippen molar-refractivity contribution in [3.8, 4) is 0 Å². The van der Waals surface area contributed by atoms with Gasteiger partial charge in [0.15, 0.2) is 6.61 Å². The van der Waals surface area contributed by atoms with Gasteiger partial charge in [0.1, 0.15) is 0 Å². The Labute approximate surface area is 135 Å². The molecule has 1 aromatic rings. The molecule has 1 aliphatic heterocycles. The molecule has 22 heavy (non-hydrogen) atoms. The van der Waals surface area contributed by atoms with E-state index < -0.39 is 5.97 Å². The summed E-state index contributed by atoms with van der Waals surface area (Å²) in [5.74, 6) is 0.158. The lowest BCUT2D eigenvalue weighted by Gasteiger charge is -2.34. The van der Waals surface area contributed by atoms with Crippen LogP contribution in [0.1, 0.15) is 30.6 Å². The number of amides is 1. The van der Waals surface area contributed by atoms with Crippen LogP contribution in [-0.2, 0) is 9.53 Å². The van der Waals surface area contributed by atoms with Gasteiger partial charge in [0, 0.05) is 23.8 Å². The number of anilines is 1. The minimum Gasteiger partial charge on any atom is -0.452 e. The van der Waals surface area contributed by atoms with E-state index >= 15 is 0 Å². The van der Waals surface area contributed by atoms with E-state index in [1.807, 2.05) is 0 Å². The molecular weight excluding hydrogens is 304 g/mol. The number of nitrogens with zero attached hydrogens (tertiary/aromatic N) is 1. The molecule has 2 N–H and O–H groups in total. The van der Waals surface area contributed by atoms with Crippen molar-refractivity contribution in [2.45, 2.75) is 20.3 Å². The molecule has 0 radical (unpaired) electrons. The molecule has 0 aliphatic carbocycles. The summed E-state index contributed by atoms with van der Waals surface area (Å²) in [5, 5.41) is 0.446. The van der Waals surface area contributed by atoms with Crippen LogP contribution < -0.4 is 5.73 Å². The molecule has 6 heteroatoms.